The summed E-state index contributed by atoms with van der Waals surface area (Å²) < 4.78 is 0. The molecule has 17 heavy (non-hydrogen) atoms. The summed E-state index contributed by atoms with van der Waals surface area (Å²) in [6.45, 7) is 0. The molecule has 0 unspecified atom stereocenters. The predicted molar refractivity (Wildman–Crippen MR) is 63.3 cm³/mol. The van der Waals surface area contributed by atoms with Gasteiger partial charge in [-0.2, -0.15) is 0 Å². The molecule has 2 aromatic rings. The number of rotatable bonds is 3. The average molecular weight is 227 g/mol. The maximum Gasteiger partial charge on any atom is 0.144 e. The van der Waals surface area contributed by atoms with Crippen LogP contribution in [0.2, 0.25) is 0 Å². The maximum atomic E-state index is 9.75. The molecule has 0 aliphatic rings. The first kappa shape index (κ1) is 10.9. The Bertz CT molecular complexity index is 577. The Morgan fingerprint density at radius 3 is 2.35 bits per heavy atom. The number of azide groups is 1. The SMILES string of the molecule is [N-]=[N+]=NOc1ccccc1-c1ccccc1O. The molecule has 0 amide bonds. The van der Waals surface area contributed by atoms with Crippen LogP contribution in [0, 0.1) is 0 Å². The van der Waals surface area contributed by atoms with Crippen molar-refractivity contribution in [3.63, 3.8) is 0 Å². The summed E-state index contributed by atoms with van der Waals surface area (Å²) in [6.07, 6.45) is 0. The van der Waals surface area contributed by atoms with Gasteiger partial charge in [0.1, 0.15) is 16.8 Å². The molecule has 5 heteroatoms. The number of benzene rings is 2. The van der Waals surface area contributed by atoms with Crippen molar-refractivity contribution in [2.75, 3.05) is 0 Å². The lowest BCUT2D eigenvalue weighted by atomic mass is 10.0. The van der Waals surface area contributed by atoms with Crippen LogP contribution >= 0.6 is 0 Å². The third-order valence-corrected chi connectivity index (χ3v) is 2.26. The zero-order chi connectivity index (χ0) is 12.1. The van der Waals surface area contributed by atoms with Gasteiger partial charge in [-0.05, 0) is 17.7 Å². The molecule has 0 heterocycles. The summed E-state index contributed by atoms with van der Waals surface area (Å²) in [5, 5.41) is 12.8. The van der Waals surface area contributed by atoms with E-state index in [2.05, 4.69) is 10.2 Å². The third kappa shape index (κ3) is 2.30. The minimum atomic E-state index is 0.143. The van der Waals surface area contributed by atoms with E-state index < -0.39 is 0 Å². The molecular weight excluding hydrogens is 218 g/mol. The van der Waals surface area contributed by atoms with Crippen LogP contribution in [0.4, 0.5) is 0 Å². The van der Waals surface area contributed by atoms with Crippen LogP contribution in [-0.2, 0) is 0 Å². The fourth-order valence-electron chi connectivity index (χ4n) is 1.53. The Kier molecular flexibility index (Phi) is 3.14. The summed E-state index contributed by atoms with van der Waals surface area (Å²) in [7, 11) is 0. The molecule has 0 spiro atoms. The van der Waals surface area contributed by atoms with Gasteiger partial charge < -0.3 is 9.94 Å². The minimum absolute atomic E-state index is 0.143. The van der Waals surface area contributed by atoms with Gasteiger partial charge in [-0.1, -0.05) is 36.4 Å². The maximum absolute atomic E-state index is 9.75. The Hall–Kier alpha value is -2.65. The van der Waals surface area contributed by atoms with Crippen molar-refractivity contribution in [2.24, 2.45) is 5.28 Å². The topological polar surface area (TPSA) is 78.2 Å². The largest absolute Gasteiger partial charge is 0.507 e. The monoisotopic (exact) mass is 227 g/mol. The van der Waals surface area contributed by atoms with Crippen LogP contribution in [0.15, 0.2) is 53.8 Å². The summed E-state index contributed by atoms with van der Waals surface area (Å²) >= 11 is 0. The number of aromatic hydroxyl groups is 1. The molecule has 0 saturated carbocycles. The molecule has 2 aromatic carbocycles. The molecule has 84 valence electrons. The van der Waals surface area contributed by atoms with Crippen molar-refractivity contribution < 1.29 is 9.94 Å². The molecule has 0 atom stereocenters. The van der Waals surface area contributed by atoms with Crippen LogP contribution in [0.3, 0.4) is 0 Å². The summed E-state index contributed by atoms with van der Waals surface area (Å²) in [4.78, 5) is 7.42. The molecule has 0 saturated heterocycles. The highest BCUT2D eigenvalue weighted by atomic mass is 16.6. The summed E-state index contributed by atoms with van der Waals surface area (Å²) in [5.74, 6) is 0.538. The quantitative estimate of drug-likeness (QED) is 0.376. The average Bonchev–Trinajstić information content (AvgIpc) is 2.37. The van der Waals surface area contributed by atoms with E-state index in [-0.39, 0.29) is 5.75 Å². The van der Waals surface area contributed by atoms with Crippen molar-refractivity contribution in [3.8, 4) is 22.6 Å². The van der Waals surface area contributed by atoms with Crippen molar-refractivity contribution in [1.82, 2.24) is 0 Å². The second-order valence-corrected chi connectivity index (χ2v) is 3.28. The molecule has 0 aliphatic carbocycles. The van der Waals surface area contributed by atoms with Gasteiger partial charge in [0.25, 0.3) is 0 Å². The van der Waals surface area contributed by atoms with Gasteiger partial charge >= 0.3 is 0 Å². The van der Waals surface area contributed by atoms with Crippen LogP contribution < -0.4 is 4.84 Å². The number of phenols is 1. The molecule has 0 fully saturated rings. The molecule has 5 nitrogen and oxygen atoms in total. The Balaban J connectivity index is 2.51. The number of hydrogen-bond donors (Lipinski definition) is 1. The highest BCUT2D eigenvalue weighted by molar-refractivity contribution is 5.75. The first-order valence-corrected chi connectivity index (χ1v) is 4.92. The van der Waals surface area contributed by atoms with E-state index in [0.717, 1.165) is 0 Å². The smallest absolute Gasteiger partial charge is 0.144 e. The van der Waals surface area contributed by atoms with Gasteiger partial charge in [-0.3, -0.25) is 0 Å². The molecule has 0 aromatic heterocycles. The van der Waals surface area contributed by atoms with Crippen molar-refractivity contribution in [2.45, 2.75) is 0 Å². The van der Waals surface area contributed by atoms with Crippen molar-refractivity contribution >= 4 is 0 Å². The zero-order valence-electron chi connectivity index (χ0n) is 8.82. The van der Waals surface area contributed by atoms with E-state index in [4.69, 9.17) is 10.4 Å². The standard InChI is InChI=1S/C12H9N3O2/c13-14-15-17-12-8-4-2-6-10(12)9-5-1-3-7-11(9)16/h1-8,16H. The summed E-state index contributed by atoms with van der Waals surface area (Å²) in [5.41, 5.74) is 9.51. The molecule has 0 radical (unpaired) electrons. The fourth-order valence-corrected chi connectivity index (χ4v) is 1.53. The van der Waals surface area contributed by atoms with E-state index in [1.165, 1.54) is 0 Å². The van der Waals surface area contributed by atoms with Gasteiger partial charge in [-0.15, -0.1) is 0 Å². The van der Waals surface area contributed by atoms with Crippen molar-refractivity contribution in [3.05, 3.63) is 59.0 Å². The lowest BCUT2D eigenvalue weighted by Gasteiger charge is -2.08. The first-order valence-electron chi connectivity index (χ1n) is 4.92. The highest BCUT2D eigenvalue weighted by Gasteiger charge is 2.08. The highest BCUT2D eigenvalue weighted by Crippen LogP contribution is 2.35. The second kappa shape index (κ2) is 4.92. The van der Waals surface area contributed by atoms with Crippen LogP contribution in [0.25, 0.3) is 21.6 Å². The first-order chi connectivity index (χ1) is 8.33. The van der Waals surface area contributed by atoms with Gasteiger partial charge in [-0.25, -0.2) is 0 Å². The van der Waals surface area contributed by atoms with Crippen molar-refractivity contribution in [1.29, 1.82) is 0 Å². The molecule has 0 bridgehead atoms. The van der Waals surface area contributed by atoms with Gasteiger partial charge in [0.15, 0.2) is 0 Å². The van der Waals surface area contributed by atoms with E-state index in [1.807, 2.05) is 6.07 Å². The Morgan fingerprint density at radius 1 is 1.00 bits per heavy atom. The van der Waals surface area contributed by atoms with E-state index in [9.17, 15) is 5.11 Å². The number of phenolic OH excluding ortho intramolecular Hbond substituents is 1. The van der Waals surface area contributed by atoms with E-state index in [1.54, 1.807) is 42.5 Å². The van der Waals surface area contributed by atoms with Gasteiger partial charge in [0.2, 0.25) is 0 Å². The normalized spacial score (nSPS) is 9.41. The van der Waals surface area contributed by atoms with E-state index >= 15 is 0 Å². The lowest BCUT2D eigenvalue weighted by molar-refractivity contribution is 0.334. The van der Waals surface area contributed by atoms with Crippen LogP contribution in [0.1, 0.15) is 0 Å². The van der Waals surface area contributed by atoms with Gasteiger partial charge in [0, 0.05) is 16.0 Å². The fraction of sp³-hybridized carbons (Fsp3) is 0. The van der Waals surface area contributed by atoms with Crippen LogP contribution in [0.5, 0.6) is 11.5 Å². The Labute approximate surface area is 97.5 Å². The third-order valence-electron chi connectivity index (χ3n) is 2.26. The number of nitrogens with zero attached hydrogens (tertiary/aromatic N) is 3. The van der Waals surface area contributed by atoms with Crippen LogP contribution in [-0.4, -0.2) is 5.11 Å². The molecule has 2 rings (SSSR count). The molecular formula is C12H9N3O2. The Morgan fingerprint density at radius 2 is 1.65 bits per heavy atom. The summed E-state index contributed by atoms with van der Waals surface area (Å²) in [6, 6.07) is 13.9. The predicted octanol–water partition coefficient (Wildman–Crippen LogP) is 3.66. The second-order valence-electron chi connectivity index (χ2n) is 3.28. The molecule has 0 aliphatic heterocycles. The van der Waals surface area contributed by atoms with Gasteiger partial charge in [0.05, 0.1) is 0 Å². The zero-order valence-corrected chi connectivity index (χ0v) is 8.82. The number of hydrogen-bond acceptors (Lipinski definition) is 3. The minimum Gasteiger partial charge on any atom is -0.507 e. The number of para-hydroxylation sites is 2. The molecule has 1 N–H and O–H groups in total. The van der Waals surface area contributed by atoms with E-state index in [0.29, 0.717) is 16.9 Å². The lowest BCUT2D eigenvalue weighted by Crippen LogP contribution is -1.86.